The molecule has 2 heteroatoms. The molecule has 0 heterocycles. The van der Waals surface area contributed by atoms with E-state index in [1.54, 1.807) is 0 Å². The van der Waals surface area contributed by atoms with E-state index in [1.165, 1.54) is 11.1 Å². The van der Waals surface area contributed by atoms with Crippen LogP contribution in [0.3, 0.4) is 0 Å². The first kappa shape index (κ1) is 11.1. The van der Waals surface area contributed by atoms with Gasteiger partial charge in [0.1, 0.15) is 11.9 Å². The van der Waals surface area contributed by atoms with Crippen LogP contribution in [0.15, 0.2) is 18.2 Å². The molecule has 0 aliphatic rings. The molecular formula is C12H19NO. The van der Waals surface area contributed by atoms with E-state index in [4.69, 9.17) is 10.5 Å². The van der Waals surface area contributed by atoms with Gasteiger partial charge in [-0.25, -0.2) is 0 Å². The first-order valence-corrected chi connectivity index (χ1v) is 5.01. The Morgan fingerprint density at radius 2 is 1.86 bits per heavy atom. The van der Waals surface area contributed by atoms with Crippen LogP contribution >= 0.6 is 0 Å². The molecule has 78 valence electrons. The van der Waals surface area contributed by atoms with Gasteiger partial charge in [-0.2, -0.15) is 0 Å². The monoisotopic (exact) mass is 193 g/mol. The number of rotatable bonds is 3. The van der Waals surface area contributed by atoms with Gasteiger partial charge in [0.15, 0.2) is 0 Å². The minimum atomic E-state index is 0.0508. The molecule has 0 aliphatic heterocycles. The molecule has 0 spiro atoms. The Kier molecular flexibility index (Phi) is 3.53. The minimum Gasteiger partial charge on any atom is -0.489 e. The maximum absolute atomic E-state index is 5.76. The number of hydrogen-bond acceptors (Lipinski definition) is 2. The summed E-state index contributed by atoms with van der Waals surface area (Å²) in [6, 6.07) is 6.13. The van der Waals surface area contributed by atoms with Gasteiger partial charge < -0.3 is 10.5 Å². The first-order valence-electron chi connectivity index (χ1n) is 5.01. The SMILES string of the molecule is Cc1cccc(OC(C)[C@@H](C)N)c1C. The zero-order chi connectivity index (χ0) is 10.7. The second-order valence-corrected chi connectivity index (χ2v) is 3.88. The van der Waals surface area contributed by atoms with Crippen LogP contribution in [0.5, 0.6) is 5.75 Å². The lowest BCUT2D eigenvalue weighted by Crippen LogP contribution is -2.33. The van der Waals surface area contributed by atoms with Gasteiger partial charge in [0.05, 0.1) is 0 Å². The normalized spacial score (nSPS) is 14.9. The molecule has 1 rings (SSSR count). The van der Waals surface area contributed by atoms with Gasteiger partial charge in [0.2, 0.25) is 0 Å². The zero-order valence-electron chi connectivity index (χ0n) is 9.37. The summed E-state index contributed by atoms with van der Waals surface area (Å²) in [5.74, 6) is 0.940. The first-order chi connectivity index (χ1) is 6.52. The van der Waals surface area contributed by atoms with Crippen molar-refractivity contribution in [2.75, 3.05) is 0 Å². The van der Waals surface area contributed by atoms with Crippen molar-refractivity contribution in [3.63, 3.8) is 0 Å². The van der Waals surface area contributed by atoms with E-state index >= 15 is 0 Å². The molecule has 0 amide bonds. The maximum Gasteiger partial charge on any atom is 0.122 e. The van der Waals surface area contributed by atoms with E-state index < -0.39 is 0 Å². The lowest BCUT2D eigenvalue weighted by Gasteiger charge is -2.19. The number of nitrogens with two attached hydrogens (primary N) is 1. The molecule has 2 nitrogen and oxygen atoms in total. The maximum atomic E-state index is 5.76. The van der Waals surface area contributed by atoms with Crippen LogP contribution in [-0.4, -0.2) is 12.1 Å². The van der Waals surface area contributed by atoms with E-state index in [0.29, 0.717) is 0 Å². The third kappa shape index (κ3) is 2.48. The minimum absolute atomic E-state index is 0.0508. The summed E-state index contributed by atoms with van der Waals surface area (Å²) in [4.78, 5) is 0. The lowest BCUT2D eigenvalue weighted by atomic mass is 10.1. The fourth-order valence-electron chi connectivity index (χ4n) is 1.16. The van der Waals surface area contributed by atoms with E-state index in [1.807, 2.05) is 26.0 Å². The molecule has 14 heavy (non-hydrogen) atoms. The van der Waals surface area contributed by atoms with Gasteiger partial charge in [0, 0.05) is 6.04 Å². The third-order valence-corrected chi connectivity index (χ3v) is 2.61. The summed E-state index contributed by atoms with van der Waals surface area (Å²) in [6.07, 6.45) is 0.0514. The molecule has 2 N–H and O–H groups in total. The molecule has 0 aliphatic carbocycles. The van der Waals surface area contributed by atoms with Gasteiger partial charge in [-0.15, -0.1) is 0 Å². The van der Waals surface area contributed by atoms with Crippen LogP contribution in [0.2, 0.25) is 0 Å². The molecular weight excluding hydrogens is 174 g/mol. The Labute approximate surface area is 86.1 Å². The highest BCUT2D eigenvalue weighted by atomic mass is 16.5. The van der Waals surface area contributed by atoms with E-state index in [0.717, 1.165) is 5.75 Å². The number of ether oxygens (including phenoxy) is 1. The van der Waals surface area contributed by atoms with Gasteiger partial charge in [-0.3, -0.25) is 0 Å². The van der Waals surface area contributed by atoms with Crippen molar-refractivity contribution in [3.8, 4) is 5.75 Å². The van der Waals surface area contributed by atoms with Crippen molar-refractivity contribution in [2.24, 2.45) is 5.73 Å². The van der Waals surface area contributed by atoms with E-state index in [2.05, 4.69) is 19.9 Å². The van der Waals surface area contributed by atoms with Gasteiger partial charge >= 0.3 is 0 Å². The van der Waals surface area contributed by atoms with Crippen LogP contribution in [-0.2, 0) is 0 Å². The number of hydrogen-bond donors (Lipinski definition) is 1. The molecule has 1 aromatic carbocycles. The second-order valence-electron chi connectivity index (χ2n) is 3.88. The zero-order valence-corrected chi connectivity index (χ0v) is 9.37. The van der Waals surface area contributed by atoms with Crippen molar-refractivity contribution in [1.29, 1.82) is 0 Å². The van der Waals surface area contributed by atoms with Crippen LogP contribution < -0.4 is 10.5 Å². The van der Waals surface area contributed by atoms with Crippen molar-refractivity contribution < 1.29 is 4.74 Å². The molecule has 0 bridgehead atoms. The number of aryl methyl sites for hydroxylation is 1. The summed E-state index contributed by atoms with van der Waals surface area (Å²) in [5, 5.41) is 0. The average Bonchev–Trinajstić information content (AvgIpc) is 2.12. The fourth-order valence-corrected chi connectivity index (χ4v) is 1.16. The summed E-state index contributed by atoms with van der Waals surface area (Å²) in [7, 11) is 0. The van der Waals surface area contributed by atoms with Crippen molar-refractivity contribution in [1.82, 2.24) is 0 Å². The summed E-state index contributed by atoms with van der Waals surface area (Å²) >= 11 is 0. The molecule has 0 radical (unpaired) electrons. The topological polar surface area (TPSA) is 35.2 Å². The van der Waals surface area contributed by atoms with Crippen molar-refractivity contribution in [2.45, 2.75) is 39.8 Å². The lowest BCUT2D eigenvalue weighted by molar-refractivity contribution is 0.195. The summed E-state index contributed by atoms with van der Waals surface area (Å²) in [5.41, 5.74) is 8.19. The van der Waals surface area contributed by atoms with Crippen molar-refractivity contribution in [3.05, 3.63) is 29.3 Å². The second kappa shape index (κ2) is 4.47. The quantitative estimate of drug-likeness (QED) is 0.800. The van der Waals surface area contributed by atoms with Gasteiger partial charge in [0.25, 0.3) is 0 Å². The van der Waals surface area contributed by atoms with Gasteiger partial charge in [-0.1, -0.05) is 12.1 Å². The van der Waals surface area contributed by atoms with Crippen LogP contribution in [0, 0.1) is 13.8 Å². The summed E-state index contributed by atoms with van der Waals surface area (Å²) < 4.78 is 5.76. The predicted octanol–water partition coefficient (Wildman–Crippen LogP) is 2.42. The molecule has 0 fully saturated rings. The van der Waals surface area contributed by atoms with Crippen molar-refractivity contribution >= 4 is 0 Å². The highest BCUT2D eigenvalue weighted by Crippen LogP contribution is 2.21. The Bertz CT molecular complexity index is 307. The Hall–Kier alpha value is -1.02. The van der Waals surface area contributed by atoms with Gasteiger partial charge in [-0.05, 0) is 44.9 Å². The highest BCUT2D eigenvalue weighted by molar-refractivity contribution is 5.38. The molecule has 2 atom stereocenters. The smallest absolute Gasteiger partial charge is 0.122 e. The third-order valence-electron chi connectivity index (χ3n) is 2.61. The molecule has 0 saturated carbocycles. The Morgan fingerprint density at radius 1 is 1.21 bits per heavy atom. The molecule has 1 aromatic rings. The number of benzene rings is 1. The molecule has 0 aromatic heterocycles. The Balaban J connectivity index is 2.82. The van der Waals surface area contributed by atoms with Crippen LogP contribution in [0.4, 0.5) is 0 Å². The largest absolute Gasteiger partial charge is 0.489 e. The molecule has 1 unspecified atom stereocenters. The van der Waals surface area contributed by atoms with E-state index in [-0.39, 0.29) is 12.1 Å². The predicted molar refractivity (Wildman–Crippen MR) is 59.7 cm³/mol. The Morgan fingerprint density at radius 3 is 2.43 bits per heavy atom. The highest BCUT2D eigenvalue weighted by Gasteiger charge is 2.10. The summed E-state index contributed by atoms with van der Waals surface area (Å²) in [6.45, 7) is 8.10. The molecule has 0 saturated heterocycles. The van der Waals surface area contributed by atoms with E-state index in [9.17, 15) is 0 Å². The standard InChI is InChI=1S/C12H19NO/c1-8-6-5-7-12(9(8)2)14-11(4)10(3)13/h5-7,10-11H,13H2,1-4H3/t10-,11?/m1/s1. The van der Waals surface area contributed by atoms with Crippen LogP contribution in [0.1, 0.15) is 25.0 Å². The fraction of sp³-hybridized carbons (Fsp3) is 0.500. The average molecular weight is 193 g/mol. The van der Waals surface area contributed by atoms with Crippen LogP contribution in [0.25, 0.3) is 0 Å².